The second-order valence-electron chi connectivity index (χ2n) is 4.62. The molecule has 110 valence electrons. The van der Waals surface area contributed by atoms with Crippen LogP contribution in [0.3, 0.4) is 0 Å². The molecule has 0 aliphatic rings. The highest BCUT2D eigenvalue weighted by Gasteiger charge is 2.37. The van der Waals surface area contributed by atoms with Gasteiger partial charge in [0.05, 0.1) is 20.6 Å². The van der Waals surface area contributed by atoms with Crippen molar-refractivity contribution in [3.8, 4) is 0 Å². The number of carbonyl (C=O) groups is 2. The van der Waals surface area contributed by atoms with Crippen LogP contribution in [0.15, 0.2) is 22.7 Å². The van der Waals surface area contributed by atoms with Gasteiger partial charge in [-0.3, -0.25) is 9.59 Å². The van der Waals surface area contributed by atoms with Crippen LogP contribution in [-0.4, -0.2) is 17.0 Å². The van der Waals surface area contributed by atoms with Gasteiger partial charge in [0.25, 0.3) is 0 Å². The molecule has 4 nitrogen and oxygen atoms in total. The van der Waals surface area contributed by atoms with Gasteiger partial charge in [-0.25, -0.2) is 0 Å². The Balaban J connectivity index is 2.86. The summed E-state index contributed by atoms with van der Waals surface area (Å²) in [7, 11) is 0. The number of hydrogen-bond acceptors (Lipinski definition) is 2. The maximum Gasteiger partial charge on any atom is 0.310 e. The number of benzene rings is 1. The minimum atomic E-state index is -1.02. The normalized spacial score (nSPS) is 11.2. The molecule has 0 fully saturated rings. The monoisotopic (exact) mass is 361 g/mol. The molecule has 0 bridgehead atoms. The molecule has 0 spiro atoms. The molecule has 0 saturated heterocycles. The van der Waals surface area contributed by atoms with Crippen molar-refractivity contribution in [2.75, 3.05) is 5.32 Å². The smallest absolute Gasteiger partial charge is 0.310 e. The molecule has 6 heteroatoms. The molecule has 20 heavy (non-hydrogen) atoms. The Kier molecular flexibility index (Phi) is 6.02. The van der Waals surface area contributed by atoms with E-state index in [9.17, 15) is 14.7 Å². The molecule has 2 N–H and O–H groups in total. The van der Waals surface area contributed by atoms with Crippen molar-refractivity contribution in [3.63, 3.8) is 0 Å². The summed E-state index contributed by atoms with van der Waals surface area (Å²) >= 11 is 9.23. The fourth-order valence-corrected chi connectivity index (χ4v) is 2.52. The van der Waals surface area contributed by atoms with Crippen LogP contribution in [0.1, 0.15) is 33.1 Å². The molecule has 0 heterocycles. The van der Waals surface area contributed by atoms with Crippen LogP contribution >= 0.6 is 27.5 Å². The fourth-order valence-electron chi connectivity index (χ4n) is 1.98. The van der Waals surface area contributed by atoms with E-state index in [-0.39, 0.29) is 12.3 Å². The van der Waals surface area contributed by atoms with Gasteiger partial charge in [0.1, 0.15) is 0 Å². The van der Waals surface area contributed by atoms with Gasteiger partial charge >= 0.3 is 5.97 Å². The van der Waals surface area contributed by atoms with Gasteiger partial charge < -0.3 is 10.4 Å². The van der Waals surface area contributed by atoms with E-state index in [4.69, 9.17) is 11.6 Å². The van der Waals surface area contributed by atoms with E-state index in [0.29, 0.717) is 28.0 Å². The first kappa shape index (κ1) is 17.0. The molecule has 0 unspecified atom stereocenters. The third-order valence-corrected chi connectivity index (χ3v) is 4.93. The van der Waals surface area contributed by atoms with Gasteiger partial charge in [-0.05, 0) is 40.9 Å². The second-order valence-corrected chi connectivity index (χ2v) is 5.82. The first-order valence-electron chi connectivity index (χ1n) is 6.33. The number of aliphatic carboxylic acids is 1. The zero-order valence-electron chi connectivity index (χ0n) is 11.4. The molecule has 0 radical (unpaired) electrons. The highest BCUT2D eigenvalue weighted by Crippen LogP contribution is 2.33. The van der Waals surface area contributed by atoms with Gasteiger partial charge in [0, 0.05) is 6.42 Å². The van der Waals surface area contributed by atoms with E-state index in [1.165, 1.54) is 0 Å². The quantitative estimate of drug-likeness (QED) is 0.792. The highest BCUT2D eigenvalue weighted by atomic mass is 79.9. The van der Waals surface area contributed by atoms with E-state index in [0.717, 1.165) is 0 Å². The lowest BCUT2D eigenvalue weighted by atomic mass is 9.79. The van der Waals surface area contributed by atoms with Crippen molar-refractivity contribution in [1.29, 1.82) is 0 Å². The number of hydrogen-bond donors (Lipinski definition) is 2. The summed E-state index contributed by atoms with van der Waals surface area (Å²) in [6, 6.07) is 5.11. The molecular weight excluding hydrogens is 346 g/mol. The number of nitrogens with one attached hydrogen (secondary N) is 1. The topological polar surface area (TPSA) is 66.4 Å². The third-order valence-electron chi connectivity index (χ3n) is 3.53. The van der Waals surface area contributed by atoms with Crippen LogP contribution in [0.2, 0.25) is 5.02 Å². The molecule has 1 aromatic rings. The molecule has 0 aliphatic heterocycles. The van der Waals surface area contributed by atoms with Crippen molar-refractivity contribution in [2.45, 2.75) is 33.1 Å². The molecule has 1 rings (SSSR count). The van der Waals surface area contributed by atoms with Crippen LogP contribution in [0.4, 0.5) is 5.69 Å². The van der Waals surface area contributed by atoms with Gasteiger partial charge in [-0.2, -0.15) is 0 Å². The SMILES string of the molecule is CCC(CC)(CC(=O)Nc1cccc(Cl)c1Br)C(=O)O. The summed E-state index contributed by atoms with van der Waals surface area (Å²) in [6.07, 6.45) is 0.750. The Morgan fingerprint density at radius 2 is 1.95 bits per heavy atom. The summed E-state index contributed by atoms with van der Waals surface area (Å²) in [6.45, 7) is 3.56. The average Bonchev–Trinajstić information content (AvgIpc) is 2.41. The largest absolute Gasteiger partial charge is 0.481 e. The van der Waals surface area contributed by atoms with Gasteiger partial charge in [0.15, 0.2) is 0 Å². The summed E-state index contributed by atoms with van der Waals surface area (Å²) < 4.78 is 0.587. The molecule has 0 aromatic heterocycles. The summed E-state index contributed by atoms with van der Waals surface area (Å²) in [5.41, 5.74) is -0.483. The number of carboxylic acids is 1. The van der Waals surface area contributed by atoms with Crippen molar-refractivity contribution >= 4 is 45.1 Å². The Bertz CT molecular complexity index is 515. The van der Waals surface area contributed by atoms with Crippen LogP contribution in [-0.2, 0) is 9.59 Å². The van der Waals surface area contributed by atoms with E-state index >= 15 is 0 Å². The van der Waals surface area contributed by atoms with E-state index in [1.807, 2.05) is 0 Å². The van der Waals surface area contributed by atoms with Crippen LogP contribution in [0, 0.1) is 5.41 Å². The molecule has 0 atom stereocenters. The zero-order valence-corrected chi connectivity index (χ0v) is 13.7. The standard InChI is InChI=1S/C14H17BrClNO3/c1-3-14(4-2,13(19)20)8-11(18)17-10-7-5-6-9(16)12(10)15/h5-7H,3-4,8H2,1-2H3,(H,17,18)(H,19,20). The highest BCUT2D eigenvalue weighted by molar-refractivity contribution is 9.10. The predicted octanol–water partition coefficient (Wildman–Crippen LogP) is 4.32. The summed E-state index contributed by atoms with van der Waals surface area (Å²) in [4.78, 5) is 23.5. The number of carboxylic acid groups (broad SMARTS) is 1. The van der Waals surface area contributed by atoms with E-state index < -0.39 is 11.4 Å². The van der Waals surface area contributed by atoms with Crippen LogP contribution < -0.4 is 5.32 Å². The number of anilines is 1. The van der Waals surface area contributed by atoms with Gasteiger partial charge in [-0.1, -0.05) is 31.5 Å². The van der Waals surface area contributed by atoms with Gasteiger partial charge in [-0.15, -0.1) is 0 Å². The van der Waals surface area contributed by atoms with Crippen LogP contribution in [0.25, 0.3) is 0 Å². The van der Waals surface area contributed by atoms with Gasteiger partial charge in [0.2, 0.25) is 5.91 Å². The van der Waals surface area contributed by atoms with Crippen LogP contribution in [0.5, 0.6) is 0 Å². The minimum absolute atomic E-state index is 0.0612. The summed E-state index contributed by atoms with van der Waals surface area (Å²) in [5.74, 6) is -1.28. The van der Waals surface area contributed by atoms with Crippen molar-refractivity contribution < 1.29 is 14.7 Å². The fraction of sp³-hybridized carbons (Fsp3) is 0.429. The molecular formula is C14H17BrClNO3. The summed E-state index contributed by atoms with van der Waals surface area (Å²) in [5, 5.41) is 12.5. The molecule has 0 aliphatic carbocycles. The Morgan fingerprint density at radius 1 is 1.35 bits per heavy atom. The lowest BCUT2D eigenvalue weighted by Gasteiger charge is -2.26. The predicted molar refractivity (Wildman–Crippen MR) is 83.0 cm³/mol. The molecule has 1 aromatic carbocycles. The lowest BCUT2D eigenvalue weighted by molar-refractivity contribution is -0.151. The number of rotatable bonds is 6. The first-order valence-corrected chi connectivity index (χ1v) is 7.50. The number of halogens is 2. The minimum Gasteiger partial charge on any atom is -0.481 e. The molecule has 1 amide bonds. The Labute approximate surface area is 131 Å². The first-order chi connectivity index (χ1) is 9.36. The number of amides is 1. The lowest BCUT2D eigenvalue weighted by Crippen LogP contribution is -2.34. The maximum absolute atomic E-state index is 12.1. The second kappa shape index (κ2) is 7.09. The number of carbonyl (C=O) groups excluding carboxylic acids is 1. The van der Waals surface area contributed by atoms with Crippen molar-refractivity contribution in [2.24, 2.45) is 5.41 Å². The third kappa shape index (κ3) is 3.73. The van der Waals surface area contributed by atoms with E-state index in [2.05, 4.69) is 21.2 Å². The maximum atomic E-state index is 12.1. The van der Waals surface area contributed by atoms with Crippen molar-refractivity contribution in [1.82, 2.24) is 0 Å². The molecule has 0 saturated carbocycles. The van der Waals surface area contributed by atoms with Crippen molar-refractivity contribution in [3.05, 3.63) is 27.7 Å². The Hall–Kier alpha value is -1.07. The average molecular weight is 363 g/mol. The Morgan fingerprint density at radius 3 is 2.45 bits per heavy atom. The van der Waals surface area contributed by atoms with E-state index in [1.54, 1.807) is 32.0 Å². The zero-order chi connectivity index (χ0) is 15.3.